The van der Waals surface area contributed by atoms with Gasteiger partial charge in [0, 0.05) is 44.5 Å². The molecule has 1 aromatic heterocycles. The van der Waals surface area contributed by atoms with Gasteiger partial charge in [0.25, 0.3) is 0 Å². The molecule has 132 valence electrons. The Labute approximate surface area is 149 Å². The summed E-state index contributed by atoms with van der Waals surface area (Å²) in [5.41, 5.74) is 4.55. The largest absolute Gasteiger partial charge is 0.377 e. The van der Waals surface area contributed by atoms with E-state index in [1.807, 2.05) is 0 Å². The summed E-state index contributed by atoms with van der Waals surface area (Å²) in [5, 5.41) is 0. The monoisotopic (exact) mass is 338 g/mol. The minimum absolute atomic E-state index is 0.182. The lowest BCUT2D eigenvalue weighted by Crippen LogP contribution is -2.46. The number of fused-ring (bicyclic) bond motifs is 1. The van der Waals surface area contributed by atoms with E-state index >= 15 is 0 Å². The van der Waals surface area contributed by atoms with Crippen LogP contribution < -0.4 is 4.90 Å². The van der Waals surface area contributed by atoms with E-state index in [1.165, 1.54) is 5.69 Å². The fourth-order valence-electron chi connectivity index (χ4n) is 3.60. The van der Waals surface area contributed by atoms with Gasteiger partial charge in [-0.15, -0.1) is 0 Å². The van der Waals surface area contributed by atoms with Crippen molar-refractivity contribution >= 4 is 22.3 Å². The van der Waals surface area contributed by atoms with E-state index in [9.17, 15) is 0 Å². The lowest BCUT2D eigenvalue weighted by atomic mass is 10.0. The molecular formula is C20H26N4O. The molecule has 2 aliphatic rings. The van der Waals surface area contributed by atoms with E-state index in [4.69, 9.17) is 9.72 Å². The number of likely N-dealkylation sites (N-methyl/N-ethyl adjacent to an activating group) is 1. The van der Waals surface area contributed by atoms with Crippen LogP contribution in [0.25, 0.3) is 16.6 Å². The number of rotatable bonds is 4. The zero-order valence-electron chi connectivity index (χ0n) is 15.0. The van der Waals surface area contributed by atoms with Crippen molar-refractivity contribution in [1.82, 2.24) is 14.9 Å². The molecular weight excluding hydrogens is 312 g/mol. The number of hydrogen-bond acceptors (Lipinski definition) is 4. The van der Waals surface area contributed by atoms with Gasteiger partial charge < -0.3 is 19.5 Å². The molecule has 2 heterocycles. The number of nitrogens with zero attached hydrogens (tertiary/aromatic N) is 3. The van der Waals surface area contributed by atoms with E-state index in [2.05, 4.69) is 58.1 Å². The summed E-state index contributed by atoms with van der Waals surface area (Å²) in [4.78, 5) is 13.2. The van der Waals surface area contributed by atoms with E-state index < -0.39 is 0 Å². The number of aromatic nitrogens is 2. The molecule has 1 aromatic carbocycles. The molecule has 1 atom stereocenters. The van der Waals surface area contributed by atoms with Gasteiger partial charge in [-0.25, -0.2) is 4.98 Å². The maximum absolute atomic E-state index is 5.36. The van der Waals surface area contributed by atoms with Crippen molar-refractivity contribution in [3.05, 3.63) is 42.3 Å². The highest BCUT2D eigenvalue weighted by molar-refractivity contribution is 5.84. The van der Waals surface area contributed by atoms with Gasteiger partial charge in [-0.1, -0.05) is 25.2 Å². The standard InChI is InChI=1S/C20H26N4O/c1-3-23-10-12-24(13-11-23)16-6-9-18-19(14-16)22-20(21-18)15-4-7-17(25-2)8-5-15/h4-7,9,14,17H,3,8,10-13H2,1-2H3,(H,21,22). The summed E-state index contributed by atoms with van der Waals surface area (Å²) >= 11 is 0. The third kappa shape index (κ3) is 3.34. The number of methoxy groups -OCH3 is 1. The van der Waals surface area contributed by atoms with E-state index in [0.717, 1.165) is 61.6 Å². The Morgan fingerprint density at radius 2 is 2.08 bits per heavy atom. The van der Waals surface area contributed by atoms with Crippen molar-refractivity contribution in [2.24, 2.45) is 0 Å². The third-order valence-corrected chi connectivity index (χ3v) is 5.29. The second kappa shape index (κ2) is 7.02. The van der Waals surface area contributed by atoms with Crippen LogP contribution in [0.1, 0.15) is 19.2 Å². The third-order valence-electron chi connectivity index (χ3n) is 5.29. The normalized spacial score (nSPS) is 21.8. The highest BCUT2D eigenvalue weighted by Gasteiger charge is 2.17. The van der Waals surface area contributed by atoms with E-state index in [0.29, 0.717) is 0 Å². The summed E-state index contributed by atoms with van der Waals surface area (Å²) in [7, 11) is 1.75. The van der Waals surface area contributed by atoms with Gasteiger partial charge >= 0.3 is 0 Å². The quantitative estimate of drug-likeness (QED) is 0.930. The first-order valence-corrected chi connectivity index (χ1v) is 9.15. The molecule has 5 heteroatoms. The highest BCUT2D eigenvalue weighted by Crippen LogP contribution is 2.26. The highest BCUT2D eigenvalue weighted by atomic mass is 16.5. The first-order chi connectivity index (χ1) is 12.3. The number of nitrogens with one attached hydrogen (secondary N) is 1. The van der Waals surface area contributed by atoms with Crippen molar-refractivity contribution < 1.29 is 4.74 Å². The Morgan fingerprint density at radius 3 is 2.76 bits per heavy atom. The number of piperazine rings is 1. The second-order valence-corrected chi connectivity index (χ2v) is 6.74. The smallest absolute Gasteiger partial charge is 0.138 e. The Bertz CT molecular complexity index is 799. The van der Waals surface area contributed by atoms with Crippen LogP contribution in [0.5, 0.6) is 0 Å². The molecule has 5 nitrogen and oxygen atoms in total. The van der Waals surface area contributed by atoms with Crippen molar-refractivity contribution in [2.45, 2.75) is 19.4 Å². The average molecular weight is 338 g/mol. The predicted octanol–water partition coefficient (Wildman–Crippen LogP) is 3.06. The number of allylic oxidation sites excluding steroid dienone is 2. The fourth-order valence-corrected chi connectivity index (χ4v) is 3.60. The minimum Gasteiger partial charge on any atom is -0.377 e. The molecule has 1 aliphatic heterocycles. The number of aromatic amines is 1. The van der Waals surface area contributed by atoms with Crippen molar-refractivity contribution in [3.8, 4) is 0 Å². The summed E-state index contributed by atoms with van der Waals surface area (Å²) < 4.78 is 5.36. The maximum Gasteiger partial charge on any atom is 0.138 e. The van der Waals surface area contributed by atoms with Crippen molar-refractivity contribution in [2.75, 3.05) is 44.7 Å². The predicted molar refractivity (Wildman–Crippen MR) is 103 cm³/mol. The molecule has 1 N–H and O–H groups in total. The molecule has 4 rings (SSSR count). The molecule has 1 aliphatic carbocycles. The lowest BCUT2D eigenvalue weighted by Gasteiger charge is -2.35. The topological polar surface area (TPSA) is 44.4 Å². The molecule has 2 aromatic rings. The fraction of sp³-hybridized carbons (Fsp3) is 0.450. The number of benzene rings is 1. The van der Waals surface area contributed by atoms with E-state index in [1.54, 1.807) is 7.11 Å². The van der Waals surface area contributed by atoms with Gasteiger partial charge in [0.05, 0.1) is 17.1 Å². The summed E-state index contributed by atoms with van der Waals surface area (Å²) in [5.74, 6) is 0.939. The Balaban J connectivity index is 1.54. The molecule has 0 amide bonds. The van der Waals surface area contributed by atoms with Crippen LogP contribution in [0.3, 0.4) is 0 Å². The van der Waals surface area contributed by atoms with Crippen LogP contribution in [-0.2, 0) is 4.74 Å². The molecule has 0 radical (unpaired) electrons. The Morgan fingerprint density at radius 1 is 1.24 bits per heavy atom. The Hall–Kier alpha value is -2.11. The van der Waals surface area contributed by atoms with Gasteiger partial charge in [-0.2, -0.15) is 0 Å². The van der Waals surface area contributed by atoms with Crippen LogP contribution in [-0.4, -0.2) is 60.8 Å². The van der Waals surface area contributed by atoms with Gasteiger partial charge in [0.2, 0.25) is 0 Å². The van der Waals surface area contributed by atoms with Crippen LogP contribution in [0.15, 0.2) is 36.4 Å². The first kappa shape index (κ1) is 16.4. The Kier molecular flexibility index (Phi) is 4.59. The molecule has 1 unspecified atom stereocenters. The van der Waals surface area contributed by atoms with Gasteiger partial charge in [0.15, 0.2) is 0 Å². The summed E-state index contributed by atoms with van der Waals surface area (Å²) in [6, 6.07) is 6.56. The molecule has 0 bridgehead atoms. The van der Waals surface area contributed by atoms with Crippen LogP contribution in [0.2, 0.25) is 0 Å². The average Bonchev–Trinajstić information content (AvgIpc) is 3.11. The number of imidazole rings is 1. The van der Waals surface area contributed by atoms with Crippen LogP contribution in [0.4, 0.5) is 5.69 Å². The number of H-pyrrole nitrogens is 1. The zero-order valence-corrected chi connectivity index (χ0v) is 15.0. The van der Waals surface area contributed by atoms with E-state index in [-0.39, 0.29) is 6.10 Å². The van der Waals surface area contributed by atoms with Crippen molar-refractivity contribution in [1.29, 1.82) is 0 Å². The lowest BCUT2D eigenvalue weighted by molar-refractivity contribution is 0.143. The molecule has 1 saturated heterocycles. The minimum atomic E-state index is 0.182. The van der Waals surface area contributed by atoms with Crippen LogP contribution in [0, 0.1) is 0 Å². The van der Waals surface area contributed by atoms with Gasteiger partial charge in [-0.05, 0) is 31.2 Å². The zero-order chi connectivity index (χ0) is 17.2. The number of hydrogen-bond donors (Lipinski definition) is 1. The molecule has 1 fully saturated rings. The molecule has 0 saturated carbocycles. The summed E-state index contributed by atoms with van der Waals surface area (Å²) in [6.45, 7) is 7.84. The molecule has 25 heavy (non-hydrogen) atoms. The SMILES string of the molecule is CCN1CCN(c2ccc3nc(C4=CCC(OC)C=C4)[nH]c3c2)CC1. The van der Waals surface area contributed by atoms with Crippen molar-refractivity contribution in [3.63, 3.8) is 0 Å². The number of ether oxygens (including phenoxy) is 1. The second-order valence-electron chi connectivity index (χ2n) is 6.74. The number of anilines is 1. The maximum atomic E-state index is 5.36. The molecule has 0 spiro atoms. The first-order valence-electron chi connectivity index (χ1n) is 9.15. The van der Waals surface area contributed by atoms with Gasteiger partial charge in [-0.3, -0.25) is 0 Å². The van der Waals surface area contributed by atoms with Gasteiger partial charge in [0.1, 0.15) is 5.82 Å². The summed E-state index contributed by atoms with van der Waals surface area (Å²) in [6.07, 6.45) is 7.46. The van der Waals surface area contributed by atoms with Crippen LogP contribution >= 0.6 is 0 Å².